The maximum absolute atomic E-state index is 12.8. The number of rotatable bonds is 2. The van der Waals surface area contributed by atoms with Crippen molar-refractivity contribution >= 4 is 11.6 Å². The van der Waals surface area contributed by atoms with Crippen LogP contribution in [0.2, 0.25) is 0 Å². The number of alkyl halides is 3. The van der Waals surface area contributed by atoms with E-state index in [0.717, 1.165) is 29.1 Å². The number of pyridine rings is 1. The largest absolute Gasteiger partial charge is 0.416 e. The highest BCUT2D eigenvalue weighted by molar-refractivity contribution is 6.05. The molecule has 1 atom stereocenters. The summed E-state index contributed by atoms with van der Waals surface area (Å²) in [4.78, 5) is 23.5. The molecule has 1 aromatic carbocycles. The number of carbonyl (C=O) groups is 1. The van der Waals surface area contributed by atoms with Gasteiger partial charge in [0.25, 0.3) is 0 Å². The van der Waals surface area contributed by atoms with E-state index in [0.29, 0.717) is 37.1 Å². The van der Waals surface area contributed by atoms with Crippen LogP contribution in [0.5, 0.6) is 0 Å². The second-order valence-corrected chi connectivity index (χ2v) is 7.52. The molecule has 4 nitrogen and oxygen atoms in total. The van der Waals surface area contributed by atoms with Crippen LogP contribution >= 0.6 is 0 Å². The summed E-state index contributed by atoms with van der Waals surface area (Å²) >= 11 is 0. The molecule has 3 heterocycles. The SMILES string of the molecule is Cc1cc(-c2ccc(C(F)(F)F)cc2)cc(C2=NC3(CC2)CCN(C)C3=O)n1. The number of nitrogens with zero attached hydrogens (tertiary/aromatic N) is 3. The first-order chi connectivity index (χ1) is 13.2. The standard InChI is InChI=1S/C21H20F3N3O/c1-13-11-15(14-3-5-16(6-4-14)21(22,23)24)12-18(25-13)17-7-8-20(26-17)9-10-27(2)19(20)28/h3-6,11-12H,7-10H2,1-2H3. The Hall–Kier alpha value is -2.70. The third kappa shape index (κ3) is 3.19. The van der Waals surface area contributed by atoms with Crippen molar-refractivity contribution in [3.05, 3.63) is 53.3 Å². The molecule has 4 rings (SSSR count). The molecule has 0 saturated carbocycles. The Morgan fingerprint density at radius 3 is 2.39 bits per heavy atom. The molecule has 2 aliphatic rings. The van der Waals surface area contributed by atoms with E-state index in [-0.39, 0.29) is 5.91 Å². The van der Waals surface area contributed by atoms with Crippen LogP contribution in [0.25, 0.3) is 11.1 Å². The van der Waals surface area contributed by atoms with Gasteiger partial charge in [-0.15, -0.1) is 0 Å². The van der Waals surface area contributed by atoms with Gasteiger partial charge in [0.1, 0.15) is 5.54 Å². The van der Waals surface area contributed by atoms with E-state index in [2.05, 4.69) is 4.98 Å². The van der Waals surface area contributed by atoms with Gasteiger partial charge in [-0.1, -0.05) is 12.1 Å². The Morgan fingerprint density at radius 2 is 1.79 bits per heavy atom. The average molecular weight is 387 g/mol. The Kier molecular flexibility index (Phi) is 4.28. The van der Waals surface area contributed by atoms with Gasteiger partial charge in [-0.25, -0.2) is 0 Å². The summed E-state index contributed by atoms with van der Waals surface area (Å²) in [6, 6.07) is 8.78. The van der Waals surface area contributed by atoms with Gasteiger partial charge in [-0.3, -0.25) is 14.8 Å². The Morgan fingerprint density at radius 1 is 1.07 bits per heavy atom. The van der Waals surface area contributed by atoms with Crippen molar-refractivity contribution in [2.24, 2.45) is 4.99 Å². The number of aryl methyl sites for hydroxylation is 1. The topological polar surface area (TPSA) is 45.6 Å². The van der Waals surface area contributed by atoms with Crippen molar-refractivity contribution in [3.8, 4) is 11.1 Å². The number of aliphatic imine (C=N–C) groups is 1. The first kappa shape index (κ1) is 18.7. The lowest BCUT2D eigenvalue weighted by molar-refractivity contribution is -0.137. The number of aromatic nitrogens is 1. The monoisotopic (exact) mass is 387 g/mol. The van der Waals surface area contributed by atoms with Gasteiger partial charge in [0.15, 0.2) is 0 Å². The molecule has 28 heavy (non-hydrogen) atoms. The van der Waals surface area contributed by atoms with Crippen LogP contribution in [0.4, 0.5) is 13.2 Å². The van der Waals surface area contributed by atoms with Crippen molar-refractivity contribution in [1.82, 2.24) is 9.88 Å². The first-order valence-electron chi connectivity index (χ1n) is 9.19. The molecule has 0 bridgehead atoms. The molecular weight excluding hydrogens is 367 g/mol. The maximum atomic E-state index is 12.8. The van der Waals surface area contributed by atoms with E-state index in [4.69, 9.17) is 4.99 Å². The smallest absolute Gasteiger partial charge is 0.344 e. The summed E-state index contributed by atoms with van der Waals surface area (Å²) in [6.07, 6.45) is -2.30. The van der Waals surface area contributed by atoms with Crippen molar-refractivity contribution < 1.29 is 18.0 Å². The summed E-state index contributed by atoms with van der Waals surface area (Å²) in [6.45, 7) is 2.55. The van der Waals surface area contributed by atoms with E-state index in [1.165, 1.54) is 12.1 Å². The molecule has 1 unspecified atom stereocenters. The minimum atomic E-state index is -4.36. The third-order valence-electron chi connectivity index (χ3n) is 5.52. The highest BCUT2D eigenvalue weighted by Crippen LogP contribution is 2.37. The number of likely N-dealkylation sites (N-methyl/N-ethyl adjacent to an activating group) is 1. The van der Waals surface area contributed by atoms with E-state index in [9.17, 15) is 18.0 Å². The van der Waals surface area contributed by atoms with Gasteiger partial charge in [0.2, 0.25) is 5.91 Å². The quantitative estimate of drug-likeness (QED) is 0.773. The molecule has 1 aromatic heterocycles. The summed E-state index contributed by atoms with van der Waals surface area (Å²) < 4.78 is 38.4. The van der Waals surface area contributed by atoms with E-state index >= 15 is 0 Å². The lowest BCUT2D eigenvalue weighted by Crippen LogP contribution is -2.35. The predicted molar refractivity (Wildman–Crippen MR) is 100 cm³/mol. The molecule has 1 amide bonds. The summed E-state index contributed by atoms with van der Waals surface area (Å²) in [7, 11) is 1.79. The molecule has 1 spiro atoms. The third-order valence-corrected chi connectivity index (χ3v) is 5.52. The molecule has 2 aromatic rings. The zero-order valence-corrected chi connectivity index (χ0v) is 15.7. The lowest BCUT2D eigenvalue weighted by atomic mass is 9.95. The molecule has 146 valence electrons. The number of hydrogen-bond donors (Lipinski definition) is 0. The number of hydrogen-bond acceptors (Lipinski definition) is 3. The Labute approximate surface area is 161 Å². The van der Waals surface area contributed by atoms with Crippen molar-refractivity contribution in [2.45, 2.75) is 37.9 Å². The van der Waals surface area contributed by atoms with Gasteiger partial charge in [-0.05, 0) is 61.6 Å². The highest BCUT2D eigenvalue weighted by atomic mass is 19.4. The van der Waals surface area contributed by atoms with Gasteiger partial charge in [0, 0.05) is 19.3 Å². The van der Waals surface area contributed by atoms with Crippen LogP contribution in [0.3, 0.4) is 0 Å². The van der Waals surface area contributed by atoms with Crippen molar-refractivity contribution in [1.29, 1.82) is 0 Å². The summed E-state index contributed by atoms with van der Waals surface area (Å²) in [5.74, 6) is 0.0538. The molecular formula is C21H20F3N3O. The molecule has 0 N–H and O–H groups in total. The maximum Gasteiger partial charge on any atom is 0.416 e. The second kappa shape index (κ2) is 6.43. The second-order valence-electron chi connectivity index (χ2n) is 7.52. The zero-order valence-electron chi connectivity index (χ0n) is 15.7. The predicted octanol–water partition coefficient (Wildman–Crippen LogP) is 4.26. The molecule has 0 aliphatic carbocycles. The molecule has 2 aliphatic heterocycles. The van der Waals surface area contributed by atoms with Crippen LogP contribution < -0.4 is 0 Å². The van der Waals surface area contributed by atoms with Crippen LogP contribution in [-0.4, -0.2) is 40.6 Å². The zero-order chi connectivity index (χ0) is 20.1. The number of halogens is 3. The number of benzene rings is 1. The fraction of sp³-hybridized carbons (Fsp3) is 0.381. The number of likely N-dealkylation sites (tertiary alicyclic amines) is 1. The van der Waals surface area contributed by atoms with E-state index in [1.54, 1.807) is 11.9 Å². The normalized spacial score (nSPS) is 22.2. The summed E-state index contributed by atoms with van der Waals surface area (Å²) in [5.41, 5.74) is 2.37. The number of carbonyl (C=O) groups excluding carboxylic acids is 1. The molecule has 0 radical (unpaired) electrons. The van der Waals surface area contributed by atoms with Gasteiger partial charge in [0.05, 0.1) is 17.0 Å². The molecule has 1 fully saturated rings. The molecule has 1 saturated heterocycles. The average Bonchev–Trinajstić information content (AvgIpc) is 3.21. The fourth-order valence-electron chi connectivity index (χ4n) is 3.97. The Balaban J connectivity index is 1.68. The minimum Gasteiger partial charge on any atom is -0.344 e. The minimum absolute atomic E-state index is 0.0538. The first-order valence-corrected chi connectivity index (χ1v) is 9.19. The molecule has 7 heteroatoms. The lowest BCUT2D eigenvalue weighted by Gasteiger charge is -2.17. The van der Waals surface area contributed by atoms with Crippen LogP contribution in [-0.2, 0) is 11.0 Å². The van der Waals surface area contributed by atoms with Crippen LogP contribution in [0.1, 0.15) is 36.2 Å². The number of amides is 1. The summed E-state index contributed by atoms with van der Waals surface area (Å²) in [5, 5.41) is 0. The van der Waals surface area contributed by atoms with Crippen LogP contribution in [0, 0.1) is 6.92 Å². The van der Waals surface area contributed by atoms with E-state index < -0.39 is 17.3 Å². The van der Waals surface area contributed by atoms with Crippen molar-refractivity contribution in [3.63, 3.8) is 0 Å². The van der Waals surface area contributed by atoms with Gasteiger partial charge in [-0.2, -0.15) is 13.2 Å². The van der Waals surface area contributed by atoms with Gasteiger partial charge < -0.3 is 4.90 Å². The van der Waals surface area contributed by atoms with Gasteiger partial charge >= 0.3 is 6.18 Å². The Bertz CT molecular complexity index is 966. The van der Waals surface area contributed by atoms with Crippen LogP contribution in [0.15, 0.2) is 41.4 Å². The van der Waals surface area contributed by atoms with E-state index in [1.807, 2.05) is 19.1 Å². The van der Waals surface area contributed by atoms with Crippen molar-refractivity contribution in [2.75, 3.05) is 13.6 Å². The fourth-order valence-corrected chi connectivity index (χ4v) is 3.97. The highest BCUT2D eigenvalue weighted by Gasteiger charge is 2.48.